The zero-order valence-electron chi connectivity index (χ0n) is 13.0. The van der Waals surface area contributed by atoms with Crippen LogP contribution in [-0.4, -0.2) is 23.4 Å². The van der Waals surface area contributed by atoms with E-state index in [9.17, 15) is 10.2 Å². The first-order valence-electron chi connectivity index (χ1n) is 7.09. The lowest BCUT2D eigenvalue weighted by molar-refractivity contribution is 0.466. The van der Waals surface area contributed by atoms with Crippen LogP contribution in [0.25, 0.3) is 0 Å². The predicted molar refractivity (Wildman–Crippen MR) is 110 cm³/mol. The molecule has 2 aromatic rings. The molecule has 0 atom stereocenters. The topological polar surface area (TPSA) is 53.0 Å². The number of aromatic hydroxyl groups is 2. The Morgan fingerprint density at radius 1 is 0.750 bits per heavy atom. The summed E-state index contributed by atoms with van der Waals surface area (Å²) < 4.78 is 7.04. The van der Waals surface area contributed by atoms with Crippen LogP contribution < -0.4 is 0 Å². The van der Waals surface area contributed by atoms with Gasteiger partial charge in [-0.15, -0.1) is 0 Å². The van der Waals surface area contributed by atoms with Gasteiger partial charge in [0.15, 0.2) is 0 Å². The summed E-state index contributed by atoms with van der Waals surface area (Å²) in [4.78, 5) is 0. The molecular weight excluding hydrogens is 572 g/mol. The van der Waals surface area contributed by atoms with Crippen LogP contribution in [0.1, 0.15) is 25.0 Å². The standard InChI is InChI=1S/C15H12Br4O2.C2H4O/c1-15(2,7-3-9(16)13(20)10(17)4-7)8-5-11(18)14(21)12(19)6-8;1-2-3-1/h3-6,20-21H,1-2H3;1-2H2. The van der Waals surface area contributed by atoms with Crippen molar-refractivity contribution >= 4 is 63.7 Å². The van der Waals surface area contributed by atoms with E-state index in [0.29, 0.717) is 17.9 Å². The van der Waals surface area contributed by atoms with Gasteiger partial charge >= 0.3 is 0 Å². The Morgan fingerprint density at radius 2 is 1.00 bits per heavy atom. The summed E-state index contributed by atoms with van der Waals surface area (Å²) in [5.41, 5.74) is 1.75. The van der Waals surface area contributed by atoms with Gasteiger partial charge in [0.1, 0.15) is 11.5 Å². The molecule has 1 heterocycles. The van der Waals surface area contributed by atoms with Crippen LogP contribution in [0.4, 0.5) is 0 Å². The Balaban J connectivity index is 0.000000623. The average molecular weight is 588 g/mol. The predicted octanol–water partition coefficient (Wildman–Crippen LogP) is 6.49. The van der Waals surface area contributed by atoms with Crippen LogP contribution in [0.3, 0.4) is 0 Å². The number of ether oxygens (including phenoxy) is 1. The molecule has 1 saturated heterocycles. The molecule has 1 aliphatic rings. The smallest absolute Gasteiger partial charge is 0.143 e. The number of hydrogen-bond donors (Lipinski definition) is 2. The van der Waals surface area contributed by atoms with E-state index in [4.69, 9.17) is 0 Å². The Morgan fingerprint density at radius 3 is 1.21 bits per heavy atom. The SMILES string of the molecule is C1CO1.CC(C)(c1cc(Br)c(O)c(Br)c1)c1cc(Br)c(O)c(Br)c1. The third-order valence-electron chi connectivity index (χ3n) is 3.68. The second kappa shape index (κ2) is 8.08. The summed E-state index contributed by atoms with van der Waals surface area (Å²) in [5, 5.41) is 19.7. The van der Waals surface area contributed by atoms with Crippen LogP contribution in [0, 0.1) is 0 Å². The molecule has 1 aliphatic heterocycles. The number of halogens is 4. The van der Waals surface area contributed by atoms with E-state index in [1.54, 1.807) is 0 Å². The lowest BCUT2D eigenvalue weighted by Crippen LogP contribution is -2.19. The molecule has 0 unspecified atom stereocenters. The molecule has 24 heavy (non-hydrogen) atoms. The molecule has 0 aromatic heterocycles. The highest BCUT2D eigenvalue weighted by atomic mass is 79.9. The zero-order valence-corrected chi connectivity index (χ0v) is 19.4. The van der Waals surface area contributed by atoms with Gasteiger partial charge in [-0.3, -0.25) is 0 Å². The van der Waals surface area contributed by atoms with E-state index in [1.807, 2.05) is 24.3 Å². The molecule has 3 rings (SSSR count). The van der Waals surface area contributed by atoms with Crippen molar-refractivity contribution in [1.82, 2.24) is 0 Å². The van der Waals surface area contributed by atoms with Crippen molar-refractivity contribution in [2.24, 2.45) is 0 Å². The molecule has 0 radical (unpaired) electrons. The van der Waals surface area contributed by atoms with E-state index in [0.717, 1.165) is 24.3 Å². The third-order valence-corrected chi connectivity index (χ3v) is 6.10. The number of epoxide rings is 1. The largest absolute Gasteiger partial charge is 0.506 e. The monoisotopic (exact) mass is 584 g/mol. The molecule has 1 fully saturated rings. The zero-order chi connectivity index (χ0) is 18.1. The second-order valence-corrected chi connectivity index (χ2v) is 9.23. The molecule has 0 amide bonds. The van der Waals surface area contributed by atoms with Crippen LogP contribution >= 0.6 is 63.7 Å². The first kappa shape index (κ1) is 20.2. The van der Waals surface area contributed by atoms with E-state index < -0.39 is 0 Å². The molecule has 130 valence electrons. The van der Waals surface area contributed by atoms with Gasteiger partial charge in [-0.1, -0.05) is 13.8 Å². The maximum atomic E-state index is 9.85. The van der Waals surface area contributed by atoms with E-state index in [-0.39, 0.29) is 16.9 Å². The first-order chi connectivity index (χ1) is 11.1. The van der Waals surface area contributed by atoms with Gasteiger partial charge in [0.05, 0.1) is 31.1 Å². The van der Waals surface area contributed by atoms with Gasteiger partial charge in [-0.05, 0) is 99.1 Å². The summed E-state index contributed by atoms with van der Waals surface area (Å²) in [6.45, 7) is 6.17. The minimum atomic E-state index is -0.308. The van der Waals surface area contributed by atoms with Crippen molar-refractivity contribution < 1.29 is 14.9 Å². The van der Waals surface area contributed by atoms with E-state index in [1.165, 1.54) is 0 Å². The molecule has 0 aliphatic carbocycles. The van der Waals surface area contributed by atoms with Gasteiger partial charge in [-0.25, -0.2) is 0 Å². The van der Waals surface area contributed by atoms with Crippen molar-refractivity contribution in [2.75, 3.05) is 13.2 Å². The second-order valence-electron chi connectivity index (χ2n) is 5.81. The van der Waals surface area contributed by atoms with Gasteiger partial charge in [0, 0.05) is 5.41 Å². The van der Waals surface area contributed by atoms with Crippen LogP contribution in [0.2, 0.25) is 0 Å². The summed E-state index contributed by atoms with van der Waals surface area (Å²) in [7, 11) is 0. The van der Waals surface area contributed by atoms with Crippen LogP contribution in [0.5, 0.6) is 11.5 Å². The van der Waals surface area contributed by atoms with Crippen LogP contribution in [0.15, 0.2) is 42.2 Å². The summed E-state index contributed by atoms with van der Waals surface area (Å²) >= 11 is 13.5. The lowest BCUT2D eigenvalue weighted by atomic mass is 9.78. The number of benzene rings is 2. The number of phenolic OH excluding ortho intramolecular Hbond substituents is 2. The number of hydrogen-bond acceptors (Lipinski definition) is 3. The minimum absolute atomic E-state index is 0.183. The lowest BCUT2D eigenvalue weighted by Gasteiger charge is -2.27. The average Bonchev–Trinajstić information content (AvgIpc) is 3.37. The Labute approximate surface area is 174 Å². The molecule has 2 aromatic carbocycles. The summed E-state index contributed by atoms with van der Waals surface area (Å²) in [6, 6.07) is 7.59. The molecule has 0 spiro atoms. The Bertz CT molecular complexity index is 649. The minimum Gasteiger partial charge on any atom is -0.506 e. The quantitative estimate of drug-likeness (QED) is 0.395. The van der Waals surface area contributed by atoms with Crippen molar-refractivity contribution in [2.45, 2.75) is 19.3 Å². The van der Waals surface area contributed by atoms with E-state index in [2.05, 4.69) is 82.3 Å². The molecular formula is C17H16Br4O3. The van der Waals surface area contributed by atoms with Crippen molar-refractivity contribution in [3.63, 3.8) is 0 Å². The van der Waals surface area contributed by atoms with Gasteiger partial charge in [0.2, 0.25) is 0 Å². The maximum Gasteiger partial charge on any atom is 0.143 e. The third kappa shape index (κ3) is 4.75. The van der Waals surface area contributed by atoms with Crippen molar-refractivity contribution in [3.8, 4) is 11.5 Å². The molecule has 0 saturated carbocycles. The van der Waals surface area contributed by atoms with Gasteiger partial charge in [0.25, 0.3) is 0 Å². The van der Waals surface area contributed by atoms with Crippen molar-refractivity contribution in [1.29, 1.82) is 0 Å². The molecule has 2 N–H and O–H groups in total. The highest BCUT2D eigenvalue weighted by molar-refractivity contribution is 9.11. The summed E-state index contributed by atoms with van der Waals surface area (Å²) in [6.07, 6.45) is 0. The van der Waals surface area contributed by atoms with Gasteiger partial charge in [-0.2, -0.15) is 0 Å². The fourth-order valence-electron chi connectivity index (χ4n) is 2.02. The highest BCUT2D eigenvalue weighted by Crippen LogP contribution is 2.43. The van der Waals surface area contributed by atoms with E-state index >= 15 is 0 Å². The van der Waals surface area contributed by atoms with Crippen LogP contribution in [-0.2, 0) is 10.2 Å². The fourth-order valence-corrected chi connectivity index (χ4v) is 4.39. The maximum absolute atomic E-state index is 9.85. The Kier molecular flexibility index (Phi) is 6.81. The van der Waals surface area contributed by atoms with Crippen molar-refractivity contribution in [3.05, 3.63) is 53.3 Å². The molecule has 0 bridgehead atoms. The molecule has 7 heteroatoms. The fraction of sp³-hybridized carbons (Fsp3) is 0.294. The Hall–Kier alpha value is -0.0800. The summed E-state index contributed by atoms with van der Waals surface area (Å²) in [5.74, 6) is 0.366. The highest BCUT2D eigenvalue weighted by Gasteiger charge is 2.26. The van der Waals surface area contributed by atoms with Gasteiger partial charge < -0.3 is 14.9 Å². The first-order valence-corrected chi connectivity index (χ1v) is 10.3. The number of rotatable bonds is 2. The normalized spacial score (nSPS) is 13.2. The molecule has 3 nitrogen and oxygen atoms in total. The number of phenols is 2.